The average molecular weight is 420 g/mol. The van der Waals surface area contributed by atoms with E-state index < -0.39 is 0 Å². The number of rotatable bonds is 5. The summed E-state index contributed by atoms with van der Waals surface area (Å²) in [4.78, 5) is 40.0. The van der Waals surface area contributed by atoms with E-state index in [0.29, 0.717) is 40.3 Å². The molecule has 2 aromatic carbocycles. The number of methoxy groups -OCH3 is 2. The summed E-state index contributed by atoms with van der Waals surface area (Å²) >= 11 is 0. The van der Waals surface area contributed by atoms with Gasteiger partial charge in [-0.25, -0.2) is 0 Å². The molecule has 4 atom stereocenters. The third-order valence-electron chi connectivity index (χ3n) is 6.97. The topological polar surface area (TPSA) is 84.9 Å². The Balaban J connectivity index is 1.34. The monoisotopic (exact) mass is 420 g/mol. The first-order valence-corrected chi connectivity index (χ1v) is 10.5. The number of anilines is 2. The summed E-state index contributed by atoms with van der Waals surface area (Å²) in [5.74, 6) is 0.994. The second-order valence-corrected chi connectivity index (χ2v) is 8.46. The molecule has 0 unspecified atom stereocenters. The summed E-state index contributed by atoms with van der Waals surface area (Å²) < 4.78 is 10.5. The van der Waals surface area contributed by atoms with E-state index >= 15 is 0 Å². The van der Waals surface area contributed by atoms with Crippen molar-refractivity contribution in [3.63, 3.8) is 0 Å². The molecule has 7 heteroatoms. The van der Waals surface area contributed by atoms with Crippen molar-refractivity contribution in [3.05, 3.63) is 48.0 Å². The smallest absolute Gasteiger partial charge is 0.255 e. The zero-order chi connectivity index (χ0) is 21.7. The minimum atomic E-state index is -0.327. The quantitative estimate of drug-likeness (QED) is 0.749. The van der Waals surface area contributed by atoms with Gasteiger partial charge < -0.3 is 14.8 Å². The van der Waals surface area contributed by atoms with E-state index in [9.17, 15) is 14.4 Å². The molecule has 3 amide bonds. The average Bonchev–Trinajstić information content (AvgIpc) is 3.47. The van der Waals surface area contributed by atoms with Crippen LogP contribution in [0.3, 0.4) is 0 Å². The number of nitrogens with one attached hydrogen (secondary N) is 1. The lowest BCUT2D eigenvalue weighted by molar-refractivity contribution is -0.123. The van der Waals surface area contributed by atoms with Crippen molar-refractivity contribution in [2.45, 2.75) is 19.3 Å². The standard InChI is InChI=1S/C24H24N2O5/c1-30-17-9-10-19(31-2)18(12-17)25-22(27)13-5-7-16(8-6-13)26-23(28)20-14-3-4-15(11-14)21(20)24(26)29/h5-10,12,14-15,20-21H,3-4,11H2,1-2H3,(H,25,27)/t14-,15+,20-,21-/m0/s1. The largest absolute Gasteiger partial charge is 0.497 e. The van der Waals surface area contributed by atoms with Crippen LogP contribution in [-0.2, 0) is 9.59 Å². The lowest BCUT2D eigenvalue weighted by atomic mass is 9.81. The summed E-state index contributed by atoms with van der Waals surface area (Å²) in [6.45, 7) is 0. The minimum Gasteiger partial charge on any atom is -0.497 e. The molecule has 2 bridgehead atoms. The Morgan fingerprint density at radius 2 is 1.58 bits per heavy atom. The fraction of sp³-hybridized carbons (Fsp3) is 0.375. The van der Waals surface area contributed by atoms with Crippen LogP contribution in [0.15, 0.2) is 42.5 Å². The fourth-order valence-electron chi connectivity index (χ4n) is 5.53. The molecule has 0 spiro atoms. The summed E-state index contributed by atoms with van der Waals surface area (Å²) in [6.07, 6.45) is 3.10. The summed E-state index contributed by atoms with van der Waals surface area (Å²) in [5.41, 5.74) is 1.43. The maximum Gasteiger partial charge on any atom is 0.255 e. The molecule has 2 aromatic rings. The van der Waals surface area contributed by atoms with Crippen LogP contribution in [0.2, 0.25) is 0 Å². The summed E-state index contributed by atoms with van der Waals surface area (Å²) in [6, 6.07) is 11.7. The number of carbonyl (C=O) groups excluding carboxylic acids is 3. The molecule has 160 valence electrons. The van der Waals surface area contributed by atoms with Crippen LogP contribution in [-0.4, -0.2) is 31.9 Å². The molecule has 2 saturated carbocycles. The van der Waals surface area contributed by atoms with Gasteiger partial charge in [-0.15, -0.1) is 0 Å². The molecule has 2 aliphatic carbocycles. The third-order valence-corrected chi connectivity index (χ3v) is 6.97. The van der Waals surface area contributed by atoms with Crippen LogP contribution in [0.4, 0.5) is 11.4 Å². The number of benzene rings is 2. The van der Waals surface area contributed by atoms with Crippen molar-refractivity contribution < 1.29 is 23.9 Å². The Bertz CT molecular complexity index is 1040. The van der Waals surface area contributed by atoms with E-state index in [1.54, 1.807) is 49.6 Å². The zero-order valence-corrected chi connectivity index (χ0v) is 17.5. The van der Waals surface area contributed by atoms with Crippen LogP contribution in [0, 0.1) is 23.7 Å². The predicted molar refractivity (Wildman–Crippen MR) is 114 cm³/mol. The SMILES string of the molecule is COc1ccc(OC)c(NC(=O)c2ccc(N3C(=O)[C@H]4[C@@H]5CC[C@@H](C5)[C@@H]4C3=O)cc2)c1. The molecule has 31 heavy (non-hydrogen) atoms. The van der Waals surface area contributed by atoms with Gasteiger partial charge in [0.1, 0.15) is 11.5 Å². The van der Waals surface area contributed by atoms with E-state index in [4.69, 9.17) is 9.47 Å². The van der Waals surface area contributed by atoms with Crippen LogP contribution in [0.5, 0.6) is 11.5 Å². The van der Waals surface area contributed by atoms with Crippen molar-refractivity contribution >= 4 is 29.1 Å². The Morgan fingerprint density at radius 3 is 2.16 bits per heavy atom. The number of hydrogen-bond donors (Lipinski definition) is 1. The molecule has 3 aliphatic rings. The highest BCUT2D eigenvalue weighted by molar-refractivity contribution is 6.22. The fourth-order valence-corrected chi connectivity index (χ4v) is 5.53. The molecular formula is C24H24N2O5. The summed E-state index contributed by atoms with van der Waals surface area (Å²) in [7, 11) is 3.07. The maximum absolute atomic E-state index is 13.0. The number of ether oxygens (including phenoxy) is 2. The van der Waals surface area contributed by atoms with Crippen molar-refractivity contribution in [1.29, 1.82) is 0 Å². The second kappa shape index (κ2) is 7.41. The van der Waals surface area contributed by atoms with Gasteiger partial charge in [-0.05, 0) is 67.5 Å². The minimum absolute atomic E-state index is 0.0829. The molecule has 3 fully saturated rings. The Kier molecular flexibility index (Phi) is 4.68. The molecule has 0 aromatic heterocycles. The number of hydrogen-bond acceptors (Lipinski definition) is 5. The van der Waals surface area contributed by atoms with Crippen LogP contribution in [0.25, 0.3) is 0 Å². The molecule has 1 saturated heterocycles. The van der Waals surface area contributed by atoms with E-state index in [2.05, 4.69) is 5.32 Å². The van der Waals surface area contributed by atoms with Gasteiger partial charge in [-0.3, -0.25) is 19.3 Å². The van der Waals surface area contributed by atoms with Crippen molar-refractivity contribution in [2.24, 2.45) is 23.7 Å². The number of imide groups is 1. The van der Waals surface area contributed by atoms with Gasteiger partial charge in [0.05, 0.1) is 37.4 Å². The molecule has 0 radical (unpaired) electrons. The van der Waals surface area contributed by atoms with Gasteiger partial charge in [-0.2, -0.15) is 0 Å². The van der Waals surface area contributed by atoms with Crippen LogP contribution in [0.1, 0.15) is 29.6 Å². The number of amides is 3. The molecule has 5 rings (SSSR count). The zero-order valence-electron chi connectivity index (χ0n) is 17.5. The van der Waals surface area contributed by atoms with Gasteiger partial charge in [0.25, 0.3) is 5.91 Å². The van der Waals surface area contributed by atoms with Gasteiger partial charge in [-0.1, -0.05) is 0 Å². The number of nitrogens with zero attached hydrogens (tertiary/aromatic N) is 1. The van der Waals surface area contributed by atoms with Crippen molar-refractivity contribution in [2.75, 3.05) is 24.4 Å². The lowest BCUT2D eigenvalue weighted by Crippen LogP contribution is -2.32. The van der Waals surface area contributed by atoms with E-state index in [0.717, 1.165) is 19.3 Å². The molecule has 1 N–H and O–H groups in total. The van der Waals surface area contributed by atoms with E-state index in [1.165, 1.54) is 12.0 Å². The highest BCUT2D eigenvalue weighted by Gasteiger charge is 2.61. The maximum atomic E-state index is 13.0. The molecule has 1 aliphatic heterocycles. The first kappa shape index (κ1) is 19.6. The highest BCUT2D eigenvalue weighted by atomic mass is 16.5. The molecule has 1 heterocycles. The molecular weight excluding hydrogens is 396 g/mol. The van der Waals surface area contributed by atoms with Crippen molar-refractivity contribution in [1.82, 2.24) is 0 Å². The molecule has 7 nitrogen and oxygen atoms in total. The van der Waals surface area contributed by atoms with Crippen LogP contribution < -0.4 is 19.7 Å². The lowest BCUT2D eigenvalue weighted by Gasteiger charge is -2.19. The Labute approximate surface area is 180 Å². The first-order chi connectivity index (χ1) is 15.0. The first-order valence-electron chi connectivity index (χ1n) is 10.5. The number of fused-ring (bicyclic) bond motifs is 5. The Hall–Kier alpha value is -3.35. The predicted octanol–water partition coefficient (Wildman–Crippen LogP) is 3.49. The third kappa shape index (κ3) is 3.07. The summed E-state index contributed by atoms with van der Waals surface area (Å²) in [5, 5.41) is 2.82. The van der Waals surface area contributed by atoms with Gasteiger partial charge in [0, 0.05) is 11.6 Å². The van der Waals surface area contributed by atoms with E-state index in [1.807, 2.05) is 0 Å². The van der Waals surface area contributed by atoms with E-state index in [-0.39, 0.29) is 29.6 Å². The second-order valence-electron chi connectivity index (χ2n) is 8.46. The number of carbonyl (C=O) groups is 3. The van der Waals surface area contributed by atoms with Crippen molar-refractivity contribution in [3.8, 4) is 11.5 Å². The van der Waals surface area contributed by atoms with Gasteiger partial charge >= 0.3 is 0 Å². The van der Waals surface area contributed by atoms with Crippen LogP contribution >= 0.6 is 0 Å². The van der Waals surface area contributed by atoms with Gasteiger partial charge in [0.15, 0.2) is 0 Å². The van der Waals surface area contributed by atoms with Gasteiger partial charge in [0.2, 0.25) is 11.8 Å². The Morgan fingerprint density at radius 1 is 0.935 bits per heavy atom. The highest BCUT2D eigenvalue weighted by Crippen LogP contribution is 2.56. The normalized spacial score (nSPS) is 26.2.